The maximum atomic E-state index is 12.1. The summed E-state index contributed by atoms with van der Waals surface area (Å²) in [6.45, 7) is 6.47. The monoisotopic (exact) mass is 653 g/mol. The Morgan fingerprint density at radius 1 is 0.800 bits per heavy atom. The Labute approximate surface area is 273 Å². The van der Waals surface area contributed by atoms with E-state index in [-0.39, 0.29) is 17.9 Å². The molecule has 0 aliphatic carbocycles. The fraction of sp³-hybridized carbons (Fsp3) is 0.452. The van der Waals surface area contributed by atoms with Gasteiger partial charge in [0.2, 0.25) is 11.8 Å². The lowest BCUT2D eigenvalue weighted by Crippen LogP contribution is -2.29. The molecule has 14 heteroatoms. The third kappa shape index (κ3) is 14.2. The summed E-state index contributed by atoms with van der Waals surface area (Å²) in [4.78, 5) is 24.2. The van der Waals surface area contributed by atoms with E-state index in [1.165, 1.54) is 0 Å². The van der Waals surface area contributed by atoms with Gasteiger partial charge in [-0.05, 0) is 61.9 Å². The molecule has 0 spiro atoms. The summed E-state index contributed by atoms with van der Waals surface area (Å²) in [6.07, 6.45) is 5.70. The number of anilines is 2. The molecule has 242 valence electrons. The number of carbonyl (C=O) groups excluding carboxylic acids is 2. The fourth-order valence-electron chi connectivity index (χ4n) is 3.75. The quantitative estimate of drug-likeness (QED) is 0.0506. The lowest BCUT2D eigenvalue weighted by Gasteiger charge is -2.09. The molecule has 0 saturated heterocycles. The van der Waals surface area contributed by atoms with E-state index < -0.39 is 0 Å². The average molecular weight is 654 g/mol. The van der Waals surface area contributed by atoms with E-state index in [2.05, 4.69) is 48.6 Å². The third-order valence-corrected chi connectivity index (χ3v) is 8.96. The van der Waals surface area contributed by atoms with Crippen molar-refractivity contribution in [3.8, 4) is 0 Å². The molecule has 0 aliphatic heterocycles. The Morgan fingerprint density at radius 2 is 1.31 bits per heavy atom. The summed E-state index contributed by atoms with van der Waals surface area (Å²) in [6, 6.07) is 15.7. The topological polar surface area (TPSA) is 141 Å². The van der Waals surface area contributed by atoms with Crippen molar-refractivity contribution in [2.24, 2.45) is 34.6 Å². The molecule has 0 aliphatic rings. The van der Waals surface area contributed by atoms with Crippen molar-refractivity contribution < 1.29 is 14.2 Å². The van der Waals surface area contributed by atoms with Crippen LogP contribution in [0.3, 0.4) is 0 Å². The minimum atomic E-state index is 0.0184. The highest BCUT2D eigenvalue weighted by Crippen LogP contribution is 2.23. The van der Waals surface area contributed by atoms with Gasteiger partial charge in [-0.3, -0.25) is 9.59 Å². The van der Waals surface area contributed by atoms with Gasteiger partial charge in [0.15, 0.2) is 0 Å². The van der Waals surface area contributed by atoms with Gasteiger partial charge in [-0.1, -0.05) is 33.6 Å². The summed E-state index contributed by atoms with van der Waals surface area (Å²) in [5.41, 5.74) is 3.51. The summed E-state index contributed by atoms with van der Waals surface area (Å²) in [5, 5.41) is 29.5. The first-order valence-electron chi connectivity index (χ1n) is 15.1. The van der Waals surface area contributed by atoms with Crippen LogP contribution < -0.4 is 25.8 Å². The summed E-state index contributed by atoms with van der Waals surface area (Å²) in [7, 11) is 7.08. The molecule has 2 aromatic carbocycles. The first-order chi connectivity index (χ1) is 21.8. The molecule has 45 heavy (non-hydrogen) atoms. The Balaban J connectivity index is 1.15. The molecule has 0 radical (unpaired) electrons. The molecule has 12 nitrogen and oxygen atoms in total. The van der Waals surface area contributed by atoms with Crippen LogP contribution in [0, 0.1) is 0 Å². The van der Waals surface area contributed by atoms with Crippen LogP contribution in [0.25, 0.3) is 0 Å². The molecule has 0 bridgehead atoms. The number of hydrogen-bond acceptors (Lipinski definition) is 10. The van der Waals surface area contributed by atoms with Crippen LogP contribution in [0.4, 0.5) is 28.7 Å². The zero-order valence-electron chi connectivity index (χ0n) is 26.5. The maximum Gasteiger partial charge on any atom is 0.421 e. The number of aryl methyl sites for hydroxylation is 2. The molecule has 0 saturated carbocycles. The van der Waals surface area contributed by atoms with Crippen LogP contribution in [-0.4, -0.2) is 60.1 Å². The van der Waals surface area contributed by atoms with E-state index in [1.54, 1.807) is 21.6 Å². The fourth-order valence-corrected chi connectivity index (χ4v) is 5.73. The van der Waals surface area contributed by atoms with Gasteiger partial charge in [0.05, 0.1) is 38.2 Å². The zero-order chi connectivity index (χ0) is 32.3. The van der Waals surface area contributed by atoms with Crippen molar-refractivity contribution in [1.29, 1.82) is 0 Å². The van der Waals surface area contributed by atoms with Crippen molar-refractivity contribution in [3.63, 3.8) is 0 Å². The van der Waals surface area contributed by atoms with Crippen molar-refractivity contribution in [2.45, 2.75) is 39.2 Å². The van der Waals surface area contributed by atoms with Crippen molar-refractivity contribution >= 4 is 62.1 Å². The predicted octanol–water partition coefficient (Wildman–Crippen LogP) is 6.07. The molecule has 3 aromatic rings. The summed E-state index contributed by atoms with van der Waals surface area (Å²) in [5.74, 6) is 2.20. The number of carbonyl (C=O) groups is 2. The van der Waals surface area contributed by atoms with Crippen LogP contribution in [-0.2, 0) is 23.7 Å². The van der Waals surface area contributed by atoms with Crippen LogP contribution in [0.1, 0.15) is 33.1 Å². The van der Waals surface area contributed by atoms with Crippen molar-refractivity contribution in [3.05, 3.63) is 60.9 Å². The van der Waals surface area contributed by atoms with Gasteiger partial charge in [0, 0.05) is 67.0 Å². The molecule has 3 rings (SSSR count). The predicted molar refractivity (Wildman–Crippen MR) is 185 cm³/mol. The highest BCUT2D eigenvalue weighted by atomic mass is 33.1. The van der Waals surface area contributed by atoms with Gasteiger partial charge in [0.25, 0.3) is 0 Å². The van der Waals surface area contributed by atoms with Crippen molar-refractivity contribution in [2.75, 3.05) is 48.3 Å². The molecule has 1 unspecified atom stereocenters. The van der Waals surface area contributed by atoms with E-state index in [4.69, 9.17) is 0 Å². The standard InChI is InChI=1S/C31H44N10O2S2/c1-5-24(2)36-37-27-10-6-25(7-11-27)32-16-18-34-29(42)14-22-44-45-23-15-30(43)35-19-17-33-26-8-12-28(13-9-26)38-39-31-40(3)20-21-41(31)4/h6-13,20-21,24H,5,14-19,22-23H2,1-4H3,(H3,32,34,35,36,42,43)/p+1. The molecule has 2 amide bonds. The number of azo groups is 2. The smallest absolute Gasteiger partial charge is 0.383 e. The van der Waals surface area contributed by atoms with Crippen LogP contribution >= 0.6 is 21.6 Å². The summed E-state index contributed by atoms with van der Waals surface area (Å²) < 4.78 is 3.80. The number of rotatable bonds is 20. The van der Waals surface area contributed by atoms with Gasteiger partial charge < -0.3 is 21.3 Å². The molecule has 0 fully saturated rings. The number of aromatic nitrogens is 2. The molecular formula is C31H45N10O2S2+. The second-order valence-corrected chi connectivity index (χ2v) is 13.0. The number of amides is 2. The van der Waals surface area contributed by atoms with Gasteiger partial charge in [-0.2, -0.15) is 10.2 Å². The minimum Gasteiger partial charge on any atom is -0.383 e. The Hall–Kier alpha value is -3.91. The van der Waals surface area contributed by atoms with Gasteiger partial charge >= 0.3 is 5.95 Å². The lowest BCUT2D eigenvalue weighted by molar-refractivity contribution is -0.657. The van der Waals surface area contributed by atoms with E-state index in [0.29, 0.717) is 50.5 Å². The van der Waals surface area contributed by atoms with E-state index in [1.807, 2.05) is 91.1 Å². The number of hydrogen-bond donors (Lipinski definition) is 4. The first kappa shape index (κ1) is 35.6. The minimum absolute atomic E-state index is 0.0184. The lowest BCUT2D eigenvalue weighted by atomic mass is 10.3. The van der Waals surface area contributed by atoms with Gasteiger partial charge in [0.1, 0.15) is 5.69 Å². The van der Waals surface area contributed by atoms with E-state index >= 15 is 0 Å². The zero-order valence-corrected chi connectivity index (χ0v) is 28.2. The Morgan fingerprint density at radius 3 is 1.78 bits per heavy atom. The number of benzene rings is 2. The average Bonchev–Trinajstić information content (AvgIpc) is 3.38. The number of nitrogens with zero attached hydrogens (tertiary/aromatic N) is 6. The molecule has 1 heterocycles. The van der Waals surface area contributed by atoms with Gasteiger partial charge in [-0.25, -0.2) is 9.13 Å². The highest BCUT2D eigenvalue weighted by Gasteiger charge is 2.10. The van der Waals surface area contributed by atoms with Gasteiger partial charge in [-0.15, -0.1) is 0 Å². The normalized spacial score (nSPS) is 12.0. The number of imidazole rings is 1. The third-order valence-electron chi connectivity index (χ3n) is 6.56. The summed E-state index contributed by atoms with van der Waals surface area (Å²) >= 11 is 0. The van der Waals surface area contributed by atoms with Crippen LogP contribution in [0.15, 0.2) is 81.4 Å². The van der Waals surface area contributed by atoms with E-state index in [0.717, 1.165) is 35.1 Å². The van der Waals surface area contributed by atoms with Crippen molar-refractivity contribution in [1.82, 2.24) is 15.2 Å². The highest BCUT2D eigenvalue weighted by molar-refractivity contribution is 8.76. The molecule has 4 N–H and O–H groups in total. The molecule has 1 atom stereocenters. The van der Waals surface area contributed by atoms with E-state index in [9.17, 15) is 9.59 Å². The Kier molecular flexibility index (Phi) is 16.0. The molecule has 1 aromatic heterocycles. The first-order valence-corrected chi connectivity index (χ1v) is 17.6. The largest absolute Gasteiger partial charge is 0.421 e. The molecular weight excluding hydrogens is 609 g/mol. The second kappa shape index (κ2) is 20.2. The maximum absolute atomic E-state index is 12.1. The number of nitrogens with one attached hydrogen (secondary N) is 4. The van der Waals surface area contributed by atoms with Crippen LogP contribution in [0.2, 0.25) is 0 Å². The SMILES string of the molecule is CCC(C)N=Nc1ccc(NCCNC(=O)CCSSCCC(=O)NCCNc2ccc(N=Nc3n(C)cc[n+]3C)cc2)cc1. The Bertz CT molecular complexity index is 1360. The second-order valence-electron chi connectivity index (χ2n) is 10.3. The van der Waals surface area contributed by atoms with Crippen LogP contribution in [0.5, 0.6) is 0 Å².